The fourth-order valence-corrected chi connectivity index (χ4v) is 5.44. The molecule has 0 spiro atoms. The van der Waals surface area contributed by atoms with Crippen molar-refractivity contribution in [3.05, 3.63) is 69.2 Å². The lowest BCUT2D eigenvalue weighted by Gasteiger charge is -2.29. The molecule has 1 aromatic heterocycles. The third kappa shape index (κ3) is 3.28. The summed E-state index contributed by atoms with van der Waals surface area (Å²) in [5.74, 6) is 0.342. The number of benzene rings is 1. The average Bonchev–Trinajstić information content (AvgIpc) is 2.77. The second-order valence-corrected chi connectivity index (χ2v) is 8.68. The van der Waals surface area contributed by atoms with Crippen molar-refractivity contribution in [1.82, 2.24) is 4.90 Å². The quantitative estimate of drug-likeness (QED) is 0.502. The van der Waals surface area contributed by atoms with Gasteiger partial charge in [0.15, 0.2) is 6.20 Å². The predicted molar refractivity (Wildman–Crippen MR) is 104 cm³/mol. The Balaban J connectivity index is 1.95. The second kappa shape index (κ2) is 7.09. The first kappa shape index (κ1) is 18.2. The number of carbonyl (C=O) groups is 1. The number of pyridine rings is 1. The average molecular weight is 403 g/mol. The van der Waals surface area contributed by atoms with E-state index in [9.17, 15) is 14.2 Å². The number of piperidine rings is 1. The summed E-state index contributed by atoms with van der Waals surface area (Å²) < 4.78 is 13.8. The molecule has 1 aromatic carbocycles. The molecule has 2 aromatic rings. The first-order valence-electron chi connectivity index (χ1n) is 8.83. The normalized spacial score (nSPS) is 19.3. The summed E-state index contributed by atoms with van der Waals surface area (Å²) in [6, 6.07) is 8.91. The van der Waals surface area contributed by atoms with Crippen LogP contribution in [0.1, 0.15) is 36.6 Å². The Morgan fingerprint density at radius 1 is 1.26 bits per heavy atom. The summed E-state index contributed by atoms with van der Waals surface area (Å²) >= 11 is 6.16. The van der Waals surface area contributed by atoms with E-state index in [1.807, 2.05) is 17.0 Å². The Kier molecular flexibility index (Phi) is 4.78. The van der Waals surface area contributed by atoms with Crippen molar-refractivity contribution in [2.45, 2.75) is 30.4 Å². The monoisotopic (exact) mass is 402 g/mol. The van der Waals surface area contributed by atoms with Crippen molar-refractivity contribution < 1.29 is 13.7 Å². The number of fused-ring (bicyclic) bond motifs is 2. The highest BCUT2D eigenvalue weighted by Crippen LogP contribution is 2.39. The molecule has 2 aliphatic heterocycles. The van der Waals surface area contributed by atoms with Gasteiger partial charge in [0, 0.05) is 47.1 Å². The molecule has 7 heteroatoms. The number of halogens is 1. The maximum Gasteiger partial charge on any atom is 0.228 e. The Labute approximate surface area is 165 Å². The summed E-state index contributed by atoms with van der Waals surface area (Å²) in [7, 11) is -1.29. The largest absolute Gasteiger partial charge is 0.618 e. The topological polar surface area (TPSA) is 64.3 Å². The van der Waals surface area contributed by atoms with Crippen LogP contribution in [0.5, 0.6) is 0 Å². The Bertz CT molecular complexity index is 993. The van der Waals surface area contributed by atoms with Gasteiger partial charge in [-0.15, -0.1) is 0 Å². The molecule has 1 amide bonds. The summed E-state index contributed by atoms with van der Waals surface area (Å²) in [6.45, 7) is 2.83. The Morgan fingerprint density at radius 3 is 2.70 bits per heavy atom. The number of aromatic nitrogens is 1. The van der Waals surface area contributed by atoms with Crippen molar-refractivity contribution in [2.75, 3.05) is 13.1 Å². The molecule has 140 valence electrons. The molecule has 1 unspecified atom stereocenters. The Hall–Kier alpha value is -2.18. The highest BCUT2D eigenvalue weighted by Gasteiger charge is 2.32. The molecule has 0 bridgehead atoms. The van der Waals surface area contributed by atoms with Gasteiger partial charge in [-0.05, 0) is 31.0 Å². The van der Waals surface area contributed by atoms with Crippen LogP contribution in [0, 0.1) is 5.21 Å². The fraction of sp³-hybridized carbons (Fsp3) is 0.300. The van der Waals surface area contributed by atoms with Crippen LogP contribution >= 0.6 is 11.6 Å². The van der Waals surface area contributed by atoms with E-state index in [0.717, 1.165) is 27.0 Å². The van der Waals surface area contributed by atoms with Crippen molar-refractivity contribution >= 4 is 33.9 Å². The summed E-state index contributed by atoms with van der Waals surface area (Å²) in [5.41, 5.74) is 4.11. The molecule has 4 rings (SSSR count). The standard InChI is InChI=1S/C20H19ClN2O3S/c1-13(24)22-9-6-14(7-10-22)19-17-5-4-16(21)11-18(17)27(26)12-15-3-2-8-23(25)20(15)19/h2-5,8,11H,6-7,9-10,12H2,1H3. The summed E-state index contributed by atoms with van der Waals surface area (Å²) in [4.78, 5) is 14.1. The Morgan fingerprint density at radius 2 is 2.00 bits per heavy atom. The molecule has 3 heterocycles. The van der Waals surface area contributed by atoms with Gasteiger partial charge in [-0.1, -0.05) is 23.2 Å². The van der Waals surface area contributed by atoms with Gasteiger partial charge in [0.25, 0.3) is 0 Å². The van der Waals surface area contributed by atoms with Gasteiger partial charge in [-0.25, -0.2) is 0 Å². The molecule has 0 saturated carbocycles. The van der Waals surface area contributed by atoms with Crippen molar-refractivity contribution in [3.8, 4) is 0 Å². The number of likely N-dealkylation sites (tertiary alicyclic amines) is 1. The number of amides is 1. The van der Waals surface area contributed by atoms with Gasteiger partial charge < -0.3 is 10.1 Å². The zero-order chi connectivity index (χ0) is 19.1. The molecule has 1 saturated heterocycles. The van der Waals surface area contributed by atoms with Crippen LogP contribution in [0.3, 0.4) is 0 Å². The molecular formula is C20H19ClN2O3S. The highest BCUT2D eigenvalue weighted by atomic mass is 35.5. The SMILES string of the molecule is CC(=O)N1CCC(=C2c3ccc(Cl)cc3S(=O)Cc3ccc[n+]([O-])c32)CC1. The third-order valence-electron chi connectivity index (χ3n) is 5.19. The van der Waals surface area contributed by atoms with Gasteiger partial charge >= 0.3 is 0 Å². The van der Waals surface area contributed by atoms with E-state index < -0.39 is 10.8 Å². The molecule has 0 radical (unpaired) electrons. The molecular weight excluding hydrogens is 384 g/mol. The smallest absolute Gasteiger partial charge is 0.228 e. The minimum absolute atomic E-state index is 0.0625. The minimum atomic E-state index is -1.29. The van der Waals surface area contributed by atoms with Gasteiger partial charge in [0.2, 0.25) is 11.6 Å². The number of hydrogen-bond donors (Lipinski definition) is 0. The van der Waals surface area contributed by atoms with E-state index in [4.69, 9.17) is 11.6 Å². The lowest BCUT2D eigenvalue weighted by Crippen LogP contribution is -2.36. The van der Waals surface area contributed by atoms with Crippen LogP contribution in [0.25, 0.3) is 5.57 Å². The second-order valence-electron chi connectivity index (χ2n) is 6.82. The molecule has 27 heavy (non-hydrogen) atoms. The highest BCUT2D eigenvalue weighted by molar-refractivity contribution is 7.84. The first-order chi connectivity index (χ1) is 13.0. The van der Waals surface area contributed by atoms with Crippen LogP contribution < -0.4 is 4.73 Å². The van der Waals surface area contributed by atoms with Crippen molar-refractivity contribution in [2.24, 2.45) is 0 Å². The van der Waals surface area contributed by atoms with Crippen LogP contribution in [0.2, 0.25) is 5.02 Å². The minimum Gasteiger partial charge on any atom is -0.618 e. The number of nitrogens with zero attached hydrogens (tertiary/aromatic N) is 2. The molecule has 1 atom stereocenters. The number of carbonyl (C=O) groups excluding carboxylic acids is 1. The maximum absolute atomic E-state index is 13.0. The number of hydrogen-bond acceptors (Lipinski definition) is 3. The van der Waals surface area contributed by atoms with Crippen LogP contribution in [0.4, 0.5) is 0 Å². The van der Waals surface area contributed by atoms with Crippen LogP contribution in [-0.2, 0) is 21.3 Å². The van der Waals surface area contributed by atoms with Gasteiger partial charge in [-0.2, -0.15) is 4.73 Å². The maximum atomic E-state index is 13.0. The predicted octanol–water partition coefficient (Wildman–Crippen LogP) is 3.04. The molecule has 0 N–H and O–H groups in total. The summed E-state index contributed by atoms with van der Waals surface area (Å²) in [6.07, 6.45) is 2.86. The van der Waals surface area contributed by atoms with E-state index >= 15 is 0 Å². The van der Waals surface area contributed by atoms with E-state index in [1.54, 1.807) is 25.1 Å². The lowest BCUT2D eigenvalue weighted by molar-refractivity contribution is -0.608. The lowest BCUT2D eigenvalue weighted by atomic mass is 9.89. The zero-order valence-corrected chi connectivity index (χ0v) is 16.5. The van der Waals surface area contributed by atoms with Gasteiger partial charge in [0.05, 0.1) is 22.1 Å². The summed E-state index contributed by atoms with van der Waals surface area (Å²) in [5, 5.41) is 13.2. The van der Waals surface area contributed by atoms with E-state index in [0.29, 0.717) is 41.5 Å². The third-order valence-corrected chi connectivity index (χ3v) is 6.83. The van der Waals surface area contributed by atoms with Gasteiger partial charge in [-0.3, -0.25) is 9.00 Å². The van der Waals surface area contributed by atoms with Gasteiger partial charge in [0.1, 0.15) is 0 Å². The zero-order valence-electron chi connectivity index (χ0n) is 14.9. The van der Waals surface area contributed by atoms with Crippen LogP contribution in [0.15, 0.2) is 47.0 Å². The molecule has 0 aliphatic carbocycles. The fourth-order valence-electron chi connectivity index (χ4n) is 3.86. The number of rotatable bonds is 0. The van der Waals surface area contributed by atoms with Crippen LogP contribution in [-0.4, -0.2) is 28.1 Å². The van der Waals surface area contributed by atoms with Crippen molar-refractivity contribution in [3.63, 3.8) is 0 Å². The molecule has 2 aliphatic rings. The van der Waals surface area contributed by atoms with E-state index in [2.05, 4.69) is 0 Å². The molecule has 1 fully saturated rings. The molecule has 5 nitrogen and oxygen atoms in total. The first-order valence-corrected chi connectivity index (χ1v) is 10.5. The van der Waals surface area contributed by atoms with E-state index in [1.165, 1.54) is 6.20 Å². The van der Waals surface area contributed by atoms with E-state index in [-0.39, 0.29) is 11.7 Å². The van der Waals surface area contributed by atoms with Crippen molar-refractivity contribution in [1.29, 1.82) is 0 Å².